The standard InChI is InChI=1S/C33H54N2O6/c1-6-8-10-13-35(14-11-9-7-2)21-26-20-29(34(4)5)27-18-24(19-31(40)32(27)33(26)41)17-25(12-15-36)28(22-37)30(39)16-23(3)38/h20,24-25,28,36-37,41H,6-19,21-22H2,1-5H3. The minimum absolute atomic E-state index is 0.0850. The van der Waals surface area contributed by atoms with Crippen molar-refractivity contribution in [1.82, 2.24) is 4.90 Å². The summed E-state index contributed by atoms with van der Waals surface area (Å²) in [6.07, 6.45) is 8.16. The predicted molar refractivity (Wildman–Crippen MR) is 164 cm³/mol. The second kappa shape index (κ2) is 17.6. The van der Waals surface area contributed by atoms with Crippen molar-refractivity contribution < 1.29 is 29.7 Å². The molecule has 8 nitrogen and oxygen atoms in total. The Morgan fingerprint density at radius 3 is 2.17 bits per heavy atom. The Hall–Kier alpha value is -2.29. The lowest BCUT2D eigenvalue weighted by Crippen LogP contribution is -2.33. The van der Waals surface area contributed by atoms with Crippen LogP contribution in [-0.2, 0) is 22.6 Å². The average molecular weight is 575 g/mol. The van der Waals surface area contributed by atoms with E-state index < -0.39 is 12.5 Å². The summed E-state index contributed by atoms with van der Waals surface area (Å²) in [7, 11) is 3.89. The first kappa shape index (κ1) is 34.9. The molecule has 232 valence electrons. The topological polar surface area (TPSA) is 118 Å². The second-order valence-corrected chi connectivity index (χ2v) is 12.2. The zero-order valence-electron chi connectivity index (χ0n) is 26.1. The van der Waals surface area contributed by atoms with Crippen LogP contribution in [0.4, 0.5) is 5.69 Å². The lowest BCUT2D eigenvalue weighted by atomic mass is 9.73. The number of fused-ring (bicyclic) bond motifs is 1. The molecule has 0 saturated carbocycles. The lowest BCUT2D eigenvalue weighted by molar-refractivity contribution is -0.131. The van der Waals surface area contributed by atoms with E-state index in [2.05, 4.69) is 18.7 Å². The van der Waals surface area contributed by atoms with E-state index in [-0.39, 0.29) is 54.4 Å². The average Bonchev–Trinajstić information content (AvgIpc) is 2.90. The van der Waals surface area contributed by atoms with Crippen LogP contribution >= 0.6 is 0 Å². The number of carbonyl (C=O) groups excluding carboxylic acids is 3. The summed E-state index contributed by atoms with van der Waals surface area (Å²) in [5, 5.41) is 31.1. The smallest absolute Gasteiger partial charge is 0.167 e. The minimum atomic E-state index is -0.752. The third-order valence-electron chi connectivity index (χ3n) is 8.48. The molecule has 0 radical (unpaired) electrons. The third-order valence-corrected chi connectivity index (χ3v) is 8.48. The summed E-state index contributed by atoms with van der Waals surface area (Å²) in [5.74, 6) is -1.80. The monoisotopic (exact) mass is 574 g/mol. The van der Waals surface area contributed by atoms with Gasteiger partial charge in [-0.3, -0.25) is 19.3 Å². The van der Waals surface area contributed by atoms with Crippen molar-refractivity contribution in [2.45, 2.75) is 97.9 Å². The molecule has 0 saturated heterocycles. The van der Waals surface area contributed by atoms with E-state index in [1.165, 1.54) is 6.92 Å². The van der Waals surface area contributed by atoms with E-state index in [9.17, 15) is 29.7 Å². The third kappa shape index (κ3) is 10.2. The van der Waals surface area contributed by atoms with Crippen LogP contribution in [0.1, 0.15) is 106 Å². The van der Waals surface area contributed by atoms with E-state index >= 15 is 0 Å². The van der Waals surface area contributed by atoms with Gasteiger partial charge in [-0.1, -0.05) is 39.5 Å². The van der Waals surface area contributed by atoms with Crippen LogP contribution in [0.25, 0.3) is 0 Å². The molecule has 1 aliphatic rings. The molecule has 0 amide bonds. The summed E-state index contributed by atoms with van der Waals surface area (Å²) in [6, 6.07) is 2.02. The van der Waals surface area contributed by atoms with Crippen molar-refractivity contribution >= 4 is 23.0 Å². The number of benzene rings is 1. The quantitative estimate of drug-likeness (QED) is 0.148. The molecular formula is C33H54N2O6. The molecule has 3 N–H and O–H groups in total. The molecule has 3 atom stereocenters. The summed E-state index contributed by atoms with van der Waals surface area (Å²) in [5.41, 5.74) is 2.92. The SMILES string of the molecule is CCCCCN(CCCCC)Cc1cc(N(C)C)c2c(c1O)C(=O)CC(CC(CCO)C(CO)C(=O)CC(C)=O)C2. The van der Waals surface area contributed by atoms with Crippen LogP contribution in [0, 0.1) is 17.8 Å². The largest absolute Gasteiger partial charge is 0.507 e. The van der Waals surface area contributed by atoms with Gasteiger partial charge in [0.25, 0.3) is 0 Å². The van der Waals surface area contributed by atoms with Crippen molar-refractivity contribution in [2.75, 3.05) is 45.3 Å². The van der Waals surface area contributed by atoms with Crippen LogP contribution in [-0.4, -0.2) is 78.0 Å². The molecule has 8 heteroatoms. The highest BCUT2D eigenvalue weighted by atomic mass is 16.3. The van der Waals surface area contributed by atoms with Gasteiger partial charge in [0.05, 0.1) is 18.6 Å². The highest BCUT2D eigenvalue weighted by Gasteiger charge is 2.36. The summed E-state index contributed by atoms with van der Waals surface area (Å²) in [4.78, 5) is 42.3. The van der Waals surface area contributed by atoms with Gasteiger partial charge in [0, 0.05) is 50.8 Å². The van der Waals surface area contributed by atoms with Crippen LogP contribution in [0.2, 0.25) is 0 Å². The maximum atomic E-state index is 13.6. The van der Waals surface area contributed by atoms with E-state index in [1.54, 1.807) is 0 Å². The molecule has 0 aromatic heterocycles. The lowest BCUT2D eigenvalue weighted by Gasteiger charge is -2.33. The maximum Gasteiger partial charge on any atom is 0.167 e. The van der Waals surface area contributed by atoms with Gasteiger partial charge in [0.2, 0.25) is 0 Å². The highest BCUT2D eigenvalue weighted by molar-refractivity contribution is 6.03. The minimum Gasteiger partial charge on any atom is -0.507 e. The number of hydrogen-bond acceptors (Lipinski definition) is 8. The number of aliphatic hydroxyl groups excluding tert-OH is 2. The van der Waals surface area contributed by atoms with Crippen LogP contribution in [0.3, 0.4) is 0 Å². The van der Waals surface area contributed by atoms with E-state index in [4.69, 9.17) is 0 Å². The fourth-order valence-corrected chi connectivity index (χ4v) is 6.32. The number of phenolic OH excluding ortho intramolecular Hbond substituents is 1. The number of rotatable bonds is 20. The van der Waals surface area contributed by atoms with Crippen molar-refractivity contribution in [2.24, 2.45) is 17.8 Å². The summed E-state index contributed by atoms with van der Waals surface area (Å²) in [6.45, 7) is 7.71. The first-order chi connectivity index (χ1) is 19.6. The molecule has 0 aliphatic heterocycles. The Morgan fingerprint density at radius 1 is 1.02 bits per heavy atom. The number of anilines is 1. The van der Waals surface area contributed by atoms with Crippen LogP contribution in [0.15, 0.2) is 6.07 Å². The van der Waals surface area contributed by atoms with Gasteiger partial charge in [-0.25, -0.2) is 0 Å². The fourth-order valence-electron chi connectivity index (χ4n) is 6.32. The number of unbranched alkanes of at least 4 members (excludes halogenated alkanes) is 4. The molecule has 1 aromatic rings. The van der Waals surface area contributed by atoms with Crippen LogP contribution < -0.4 is 4.90 Å². The molecule has 1 aliphatic carbocycles. The molecule has 0 bridgehead atoms. The Balaban J connectivity index is 2.37. The summed E-state index contributed by atoms with van der Waals surface area (Å²) < 4.78 is 0. The highest BCUT2D eigenvalue weighted by Crippen LogP contribution is 2.42. The van der Waals surface area contributed by atoms with Gasteiger partial charge in [0.15, 0.2) is 5.78 Å². The van der Waals surface area contributed by atoms with Gasteiger partial charge in [0.1, 0.15) is 17.3 Å². The molecule has 41 heavy (non-hydrogen) atoms. The van der Waals surface area contributed by atoms with Gasteiger partial charge in [-0.2, -0.15) is 0 Å². The van der Waals surface area contributed by atoms with Gasteiger partial charge in [-0.15, -0.1) is 0 Å². The maximum absolute atomic E-state index is 13.6. The first-order valence-electron chi connectivity index (χ1n) is 15.6. The first-order valence-corrected chi connectivity index (χ1v) is 15.6. The molecule has 0 heterocycles. The molecule has 0 fully saturated rings. The molecular weight excluding hydrogens is 520 g/mol. The Kier molecular flexibility index (Phi) is 15.0. The predicted octanol–water partition coefficient (Wildman–Crippen LogP) is 4.93. The number of aliphatic hydroxyl groups is 2. The van der Waals surface area contributed by atoms with Crippen molar-refractivity contribution in [1.29, 1.82) is 0 Å². The van der Waals surface area contributed by atoms with Crippen molar-refractivity contribution in [3.05, 3.63) is 22.8 Å². The number of hydrogen-bond donors (Lipinski definition) is 3. The van der Waals surface area contributed by atoms with Gasteiger partial charge >= 0.3 is 0 Å². The number of carbonyl (C=O) groups is 3. The zero-order valence-corrected chi connectivity index (χ0v) is 26.1. The number of aromatic hydroxyl groups is 1. The number of Topliss-reactive ketones (excluding diaryl/α,β-unsaturated/α-hetero) is 3. The summed E-state index contributed by atoms with van der Waals surface area (Å²) >= 11 is 0. The number of ketones is 3. The van der Waals surface area contributed by atoms with Crippen molar-refractivity contribution in [3.63, 3.8) is 0 Å². The van der Waals surface area contributed by atoms with Crippen LogP contribution in [0.5, 0.6) is 5.75 Å². The van der Waals surface area contributed by atoms with Crippen molar-refractivity contribution in [3.8, 4) is 5.75 Å². The van der Waals surface area contributed by atoms with E-state index in [1.807, 2.05) is 25.1 Å². The molecule has 1 aromatic carbocycles. The Morgan fingerprint density at radius 2 is 1.66 bits per heavy atom. The Bertz CT molecular complexity index is 998. The molecule has 0 spiro atoms. The number of nitrogens with zero attached hydrogens (tertiary/aromatic N) is 2. The van der Waals surface area contributed by atoms with E-state index in [0.717, 1.165) is 68.4 Å². The van der Waals surface area contributed by atoms with E-state index in [0.29, 0.717) is 31.4 Å². The number of phenols is 1. The van der Waals surface area contributed by atoms with Gasteiger partial charge in [-0.05, 0) is 75.6 Å². The van der Waals surface area contributed by atoms with Gasteiger partial charge < -0.3 is 20.2 Å². The molecule has 2 rings (SSSR count). The second-order valence-electron chi connectivity index (χ2n) is 12.2. The Labute approximate surface area is 247 Å². The zero-order chi connectivity index (χ0) is 30.5. The molecule has 3 unspecified atom stereocenters. The fraction of sp³-hybridized carbons (Fsp3) is 0.727. The normalized spacial score (nSPS) is 16.5.